The van der Waals surface area contributed by atoms with Gasteiger partial charge in [-0.3, -0.25) is 0 Å². The minimum absolute atomic E-state index is 0.449. The highest BCUT2D eigenvalue weighted by molar-refractivity contribution is 7.98. The van der Waals surface area contributed by atoms with Crippen LogP contribution >= 0.6 is 23.4 Å². The summed E-state index contributed by atoms with van der Waals surface area (Å²) in [6.07, 6.45) is 4.72. The fourth-order valence-corrected chi connectivity index (χ4v) is 2.93. The molecule has 0 bridgehead atoms. The van der Waals surface area contributed by atoms with Gasteiger partial charge in [0, 0.05) is 25.9 Å². The van der Waals surface area contributed by atoms with Crippen LogP contribution < -0.4 is 4.90 Å². The van der Waals surface area contributed by atoms with E-state index in [1.54, 1.807) is 6.07 Å². The molecule has 0 amide bonds. The summed E-state index contributed by atoms with van der Waals surface area (Å²) in [5, 5.41) is 2.10. The summed E-state index contributed by atoms with van der Waals surface area (Å²) in [4.78, 5) is 15.4. The smallest absolute Gasteiger partial charge is 0.187 e. The first kappa shape index (κ1) is 16.0. The molecule has 0 aliphatic carbocycles. The molecule has 23 heavy (non-hydrogen) atoms. The van der Waals surface area contributed by atoms with Crippen molar-refractivity contribution in [2.45, 2.75) is 11.6 Å². The van der Waals surface area contributed by atoms with Gasteiger partial charge in [-0.05, 0) is 18.2 Å². The predicted molar refractivity (Wildman–Crippen MR) is 97.5 cm³/mol. The molecule has 0 saturated carbocycles. The summed E-state index contributed by atoms with van der Waals surface area (Å²) >= 11 is 7.69. The lowest BCUT2D eigenvalue weighted by atomic mass is 10.1. The molecule has 3 rings (SSSR count). The van der Waals surface area contributed by atoms with Crippen molar-refractivity contribution in [3.8, 4) is 0 Å². The fraction of sp³-hybridized carbons (Fsp3) is 0.235. The number of hydrogen-bond donors (Lipinski definition) is 0. The van der Waals surface area contributed by atoms with Crippen LogP contribution in [0.15, 0.2) is 47.8 Å². The summed E-state index contributed by atoms with van der Waals surface area (Å²) in [5.74, 6) is 0.816. The lowest BCUT2D eigenvalue weighted by Gasteiger charge is -2.20. The second-order valence-corrected chi connectivity index (χ2v) is 6.38. The van der Waals surface area contributed by atoms with Gasteiger partial charge in [-0.2, -0.15) is 0 Å². The first-order valence-electron chi connectivity index (χ1n) is 7.29. The molecule has 2 aromatic heterocycles. The summed E-state index contributed by atoms with van der Waals surface area (Å²) in [7, 11) is 2.02. The molecule has 118 valence electrons. The van der Waals surface area contributed by atoms with Gasteiger partial charge >= 0.3 is 0 Å². The standard InChI is InChI=1S/C17H17ClN4S/c1-22(9-8-12-6-4-3-5-7-12)16-13-11-19-17(23-2)20-14(13)10-15(18)21-16/h3-7,10-11H,8-9H2,1-2H3. The number of hydrogen-bond acceptors (Lipinski definition) is 5. The molecule has 0 unspecified atom stereocenters. The molecule has 0 aliphatic rings. The number of thioether (sulfide) groups is 1. The van der Waals surface area contributed by atoms with E-state index in [0.29, 0.717) is 5.15 Å². The van der Waals surface area contributed by atoms with Crippen molar-refractivity contribution in [1.82, 2.24) is 15.0 Å². The number of halogens is 1. The number of pyridine rings is 1. The Labute approximate surface area is 144 Å². The quantitative estimate of drug-likeness (QED) is 0.396. The number of benzene rings is 1. The van der Waals surface area contributed by atoms with E-state index in [0.717, 1.165) is 34.8 Å². The summed E-state index contributed by atoms with van der Waals surface area (Å²) < 4.78 is 0. The highest BCUT2D eigenvalue weighted by Crippen LogP contribution is 2.26. The van der Waals surface area contributed by atoms with E-state index in [-0.39, 0.29) is 0 Å². The Morgan fingerprint density at radius 3 is 2.70 bits per heavy atom. The van der Waals surface area contributed by atoms with Gasteiger partial charge in [-0.25, -0.2) is 15.0 Å². The number of anilines is 1. The number of fused-ring (bicyclic) bond motifs is 1. The molecule has 0 radical (unpaired) electrons. The molecule has 2 heterocycles. The first-order valence-corrected chi connectivity index (χ1v) is 8.90. The molecule has 0 saturated heterocycles. The summed E-state index contributed by atoms with van der Waals surface area (Å²) in [5.41, 5.74) is 2.12. The van der Waals surface area contributed by atoms with Crippen molar-refractivity contribution >= 4 is 40.1 Å². The number of rotatable bonds is 5. The van der Waals surface area contributed by atoms with E-state index in [1.807, 2.05) is 25.6 Å². The summed E-state index contributed by atoms with van der Waals surface area (Å²) in [6, 6.07) is 12.2. The third kappa shape index (κ3) is 3.74. The molecular weight excluding hydrogens is 328 g/mol. The minimum Gasteiger partial charge on any atom is -0.359 e. The lowest BCUT2D eigenvalue weighted by molar-refractivity contribution is 0.863. The number of likely N-dealkylation sites (N-methyl/N-ethyl adjacent to an activating group) is 1. The van der Waals surface area contributed by atoms with Crippen molar-refractivity contribution in [3.63, 3.8) is 0 Å². The molecular formula is C17H17ClN4S. The van der Waals surface area contributed by atoms with Crippen molar-refractivity contribution < 1.29 is 0 Å². The zero-order valence-corrected chi connectivity index (χ0v) is 14.6. The molecule has 0 N–H and O–H groups in total. The van der Waals surface area contributed by atoms with Crippen LogP contribution in [-0.4, -0.2) is 34.8 Å². The highest BCUT2D eigenvalue weighted by Gasteiger charge is 2.12. The van der Waals surface area contributed by atoms with E-state index in [1.165, 1.54) is 17.3 Å². The SMILES string of the molecule is CSc1ncc2c(N(C)CCc3ccccc3)nc(Cl)cc2n1. The van der Waals surface area contributed by atoms with Crippen molar-refractivity contribution in [3.05, 3.63) is 53.3 Å². The van der Waals surface area contributed by atoms with E-state index in [9.17, 15) is 0 Å². The maximum absolute atomic E-state index is 6.18. The predicted octanol–water partition coefficient (Wildman–Crippen LogP) is 4.08. The third-order valence-corrected chi connectivity index (χ3v) is 4.38. The second-order valence-electron chi connectivity index (χ2n) is 5.22. The van der Waals surface area contributed by atoms with Gasteiger partial charge in [-0.1, -0.05) is 53.7 Å². The van der Waals surface area contributed by atoms with Gasteiger partial charge in [0.25, 0.3) is 0 Å². The van der Waals surface area contributed by atoms with Crippen LogP contribution in [0.25, 0.3) is 10.9 Å². The Hall–Kier alpha value is -1.85. The maximum Gasteiger partial charge on any atom is 0.187 e. The Kier molecular flexibility index (Phi) is 4.98. The monoisotopic (exact) mass is 344 g/mol. The zero-order chi connectivity index (χ0) is 16.2. The van der Waals surface area contributed by atoms with Gasteiger partial charge < -0.3 is 4.90 Å². The average Bonchev–Trinajstić information content (AvgIpc) is 2.59. The van der Waals surface area contributed by atoms with Crippen LogP contribution in [0.1, 0.15) is 5.56 Å². The highest BCUT2D eigenvalue weighted by atomic mass is 35.5. The van der Waals surface area contributed by atoms with E-state index in [4.69, 9.17) is 11.6 Å². The Morgan fingerprint density at radius 2 is 1.96 bits per heavy atom. The Morgan fingerprint density at radius 1 is 1.17 bits per heavy atom. The molecule has 6 heteroatoms. The average molecular weight is 345 g/mol. The normalized spacial score (nSPS) is 10.9. The second kappa shape index (κ2) is 7.15. The molecule has 3 aromatic rings. The van der Waals surface area contributed by atoms with Gasteiger partial charge in [-0.15, -0.1) is 0 Å². The molecule has 0 spiro atoms. The van der Waals surface area contributed by atoms with E-state index in [2.05, 4.69) is 44.1 Å². The topological polar surface area (TPSA) is 41.9 Å². The van der Waals surface area contributed by atoms with E-state index < -0.39 is 0 Å². The van der Waals surface area contributed by atoms with Crippen LogP contribution in [0.4, 0.5) is 5.82 Å². The molecule has 0 atom stereocenters. The van der Waals surface area contributed by atoms with Crippen molar-refractivity contribution in [1.29, 1.82) is 0 Å². The molecule has 4 nitrogen and oxygen atoms in total. The van der Waals surface area contributed by atoms with Gasteiger partial charge in [0.15, 0.2) is 5.16 Å². The largest absolute Gasteiger partial charge is 0.359 e. The molecule has 0 aliphatic heterocycles. The van der Waals surface area contributed by atoms with Crippen molar-refractivity contribution in [2.24, 2.45) is 0 Å². The molecule has 1 aromatic carbocycles. The van der Waals surface area contributed by atoms with Crippen LogP contribution in [-0.2, 0) is 6.42 Å². The lowest BCUT2D eigenvalue weighted by Crippen LogP contribution is -2.22. The fourth-order valence-electron chi connectivity index (χ4n) is 2.40. The maximum atomic E-state index is 6.18. The first-order chi connectivity index (χ1) is 11.2. The van der Waals surface area contributed by atoms with E-state index >= 15 is 0 Å². The third-order valence-electron chi connectivity index (χ3n) is 3.63. The minimum atomic E-state index is 0.449. The Balaban J connectivity index is 1.88. The summed E-state index contributed by atoms with van der Waals surface area (Å²) in [6.45, 7) is 0.844. The molecule has 0 fully saturated rings. The van der Waals surface area contributed by atoms with Crippen molar-refractivity contribution in [2.75, 3.05) is 24.7 Å². The number of aromatic nitrogens is 3. The van der Waals surface area contributed by atoms with Crippen LogP contribution in [0.3, 0.4) is 0 Å². The van der Waals surface area contributed by atoms with Crippen LogP contribution in [0.2, 0.25) is 5.15 Å². The van der Waals surface area contributed by atoms with Gasteiger partial charge in [0.1, 0.15) is 11.0 Å². The Bertz CT molecular complexity index is 810. The van der Waals surface area contributed by atoms with Gasteiger partial charge in [0.05, 0.1) is 10.9 Å². The van der Waals surface area contributed by atoms with Crippen LogP contribution in [0, 0.1) is 0 Å². The van der Waals surface area contributed by atoms with Gasteiger partial charge in [0.2, 0.25) is 0 Å². The zero-order valence-electron chi connectivity index (χ0n) is 13.0. The number of nitrogens with zero attached hydrogens (tertiary/aromatic N) is 4. The van der Waals surface area contributed by atoms with Crippen LogP contribution in [0.5, 0.6) is 0 Å².